The minimum absolute atomic E-state index is 0.0628. The summed E-state index contributed by atoms with van der Waals surface area (Å²) < 4.78 is 41.5. The van der Waals surface area contributed by atoms with E-state index in [9.17, 15) is 18.4 Å². The molecule has 0 aliphatic carbocycles. The fourth-order valence-corrected chi connectivity index (χ4v) is 4.21. The summed E-state index contributed by atoms with van der Waals surface area (Å²) in [6, 6.07) is 14.9. The molecule has 0 unspecified atom stereocenters. The predicted octanol–water partition coefficient (Wildman–Crippen LogP) is 4.81. The number of nitrogens with zero attached hydrogens (tertiary/aromatic N) is 4. The van der Waals surface area contributed by atoms with Crippen molar-refractivity contribution in [2.75, 3.05) is 7.11 Å². The van der Waals surface area contributed by atoms with Gasteiger partial charge in [-0.1, -0.05) is 12.1 Å². The van der Waals surface area contributed by atoms with Crippen molar-refractivity contribution in [1.29, 1.82) is 0 Å². The molecule has 0 aliphatic heterocycles. The van der Waals surface area contributed by atoms with E-state index in [0.717, 1.165) is 23.8 Å². The molecular weight excluding hydrogens is 494 g/mol. The van der Waals surface area contributed by atoms with Crippen LogP contribution in [0.3, 0.4) is 0 Å². The molecule has 0 aliphatic rings. The van der Waals surface area contributed by atoms with Gasteiger partial charge >= 0.3 is 5.97 Å². The summed E-state index contributed by atoms with van der Waals surface area (Å²) in [5.74, 6) is -1.34. The van der Waals surface area contributed by atoms with Crippen LogP contribution in [0, 0.1) is 25.5 Å². The number of aromatic nitrogens is 4. The lowest BCUT2D eigenvalue weighted by molar-refractivity contribution is 0.0600. The maximum absolute atomic E-state index is 14.4. The summed E-state index contributed by atoms with van der Waals surface area (Å²) in [5, 5.41) is 4.40. The quantitative estimate of drug-likeness (QED) is 0.301. The number of carbonyl (C=O) groups excluding carboxylic acids is 1. The number of pyridine rings is 1. The fraction of sp³-hybridized carbons (Fsp3) is 0.143. The molecule has 0 fully saturated rings. The number of carbonyl (C=O) groups is 1. The molecule has 8 nitrogen and oxygen atoms in total. The van der Waals surface area contributed by atoms with E-state index >= 15 is 0 Å². The highest BCUT2D eigenvalue weighted by Gasteiger charge is 2.19. The molecule has 0 atom stereocenters. The van der Waals surface area contributed by atoms with E-state index in [4.69, 9.17) is 9.47 Å². The molecule has 38 heavy (non-hydrogen) atoms. The Morgan fingerprint density at radius 2 is 1.84 bits per heavy atom. The molecule has 0 saturated heterocycles. The summed E-state index contributed by atoms with van der Waals surface area (Å²) in [6.45, 7) is 3.48. The molecule has 3 heterocycles. The third kappa shape index (κ3) is 4.52. The van der Waals surface area contributed by atoms with Gasteiger partial charge < -0.3 is 9.47 Å². The van der Waals surface area contributed by atoms with Crippen molar-refractivity contribution >= 4 is 11.6 Å². The van der Waals surface area contributed by atoms with Crippen molar-refractivity contribution in [1.82, 2.24) is 19.2 Å². The molecule has 192 valence electrons. The number of rotatable bonds is 6. The van der Waals surface area contributed by atoms with E-state index in [2.05, 4.69) is 10.1 Å². The first-order valence-corrected chi connectivity index (χ1v) is 11.6. The van der Waals surface area contributed by atoms with E-state index in [1.807, 2.05) is 0 Å². The molecular formula is C28H22F2N4O4. The minimum atomic E-state index is -0.645. The lowest BCUT2D eigenvalue weighted by atomic mass is 10.1. The van der Waals surface area contributed by atoms with Crippen LogP contribution in [0.25, 0.3) is 22.6 Å². The van der Waals surface area contributed by atoms with Crippen LogP contribution in [-0.2, 0) is 11.3 Å². The molecule has 5 aromatic rings. The second-order valence-electron chi connectivity index (χ2n) is 8.60. The fourth-order valence-electron chi connectivity index (χ4n) is 4.21. The van der Waals surface area contributed by atoms with E-state index < -0.39 is 23.2 Å². The number of esters is 1. The standard InChI is InChI=1S/C28H22F2N4O4/c1-16-12-22(32-34(16)23-14-20(29)9-10-21(23)30)25-17(2)31-26-24(8-5-11-33(26)27(25)35)38-15-18-6-4-7-19(13-18)28(36)37-3/h4-14H,15H2,1-3H3. The predicted molar refractivity (Wildman–Crippen MR) is 136 cm³/mol. The van der Waals surface area contributed by atoms with Gasteiger partial charge in [0.05, 0.1) is 23.9 Å². The first-order valence-electron chi connectivity index (χ1n) is 11.6. The number of hydrogen-bond donors (Lipinski definition) is 0. The van der Waals surface area contributed by atoms with Crippen molar-refractivity contribution in [3.05, 3.63) is 111 Å². The summed E-state index contributed by atoms with van der Waals surface area (Å²) in [5.41, 5.74) is 2.39. The third-order valence-corrected chi connectivity index (χ3v) is 6.02. The Hall–Kier alpha value is -4.86. The van der Waals surface area contributed by atoms with Gasteiger partial charge in [-0.05, 0) is 61.9 Å². The number of fused-ring (bicyclic) bond motifs is 1. The number of halogens is 2. The van der Waals surface area contributed by atoms with Gasteiger partial charge in [0, 0.05) is 18.0 Å². The third-order valence-electron chi connectivity index (χ3n) is 6.02. The van der Waals surface area contributed by atoms with Gasteiger partial charge in [-0.15, -0.1) is 0 Å². The highest BCUT2D eigenvalue weighted by Crippen LogP contribution is 2.25. The Balaban J connectivity index is 1.52. The molecule has 5 rings (SSSR count). The topological polar surface area (TPSA) is 87.7 Å². The van der Waals surface area contributed by atoms with Gasteiger partial charge in [0.15, 0.2) is 11.4 Å². The molecule has 2 aromatic carbocycles. The smallest absolute Gasteiger partial charge is 0.337 e. The van der Waals surface area contributed by atoms with Crippen LogP contribution in [-0.4, -0.2) is 32.2 Å². The summed E-state index contributed by atoms with van der Waals surface area (Å²) >= 11 is 0. The molecule has 10 heteroatoms. The molecule has 0 amide bonds. The second kappa shape index (κ2) is 9.89. The highest BCUT2D eigenvalue weighted by atomic mass is 19.1. The molecule has 0 N–H and O–H groups in total. The van der Waals surface area contributed by atoms with Crippen LogP contribution in [0.2, 0.25) is 0 Å². The molecule has 0 radical (unpaired) electrons. The van der Waals surface area contributed by atoms with Crippen LogP contribution in [0.15, 0.2) is 71.7 Å². The lowest BCUT2D eigenvalue weighted by Gasteiger charge is -2.12. The Morgan fingerprint density at radius 3 is 2.63 bits per heavy atom. The van der Waals surface area contributed by atoms with E-state index in [-0.39, 0.29) is 23.6 Å². The number of benzene rings is 2. The van der Waals surface area contributed by atoms with Crippen molar-refractivity contribution in [2.45, 2.75) is 20.5 Å². The Kier molecular flexibility index (Phi) is 6.46. The van der Waals surface area contributed by atoms with Crippen molar-refractivity contribution in [3.63, 3.8) is 0 Å². The summed E-state index contributed by atoms with van der Waals surface area (Å²) in [7, 11) is 1.31. The minimum Gasteiger partial charge on any atom is -0.485 e. The first kappa shape index (κ1) is 24.8. The van der Waals surface area contributed by atoms with Crippen LogP contribution < -0.4 is 10.3 Å². The van der Waals surface area contributed by atoms with Crippen LogP contribution in [0.4, 0.5) is 8.78 Å². The maximum Gasteiger partial charge on any atom is 0.337 e. The second-order valence-corrected chi connectivity index (χ2v) is 8.60. The van der Waals surface area contributed by atoms with Crippen molar-refractivity contribution in [3.8, 4) is 22.7 Å². The zero-order chi connectivity index (χ0) is 27.0. The molecule has 0 spiro atoms. The van der Waals surface area contributed by atoms with Gasteiger partial charge in [-0.2, -0.15) is 5.10 Å². The largest absolute Gasteiger partial charge is 0.485 e. The average Bonchev–Trinajstić information content (AvgIpc) is 3.29. The zero-order valence-electron chi connectivity index (χ0n) is 20.7. The first-order chi connectivity index (χ1) is 18.3. The normalized spacial score (nSPS) is 11.1. The van der Waals surface area contributed by atoms with Crippen LogP contribution >= 0.6 is 0 Å². The lowest BCUT2D eigenvalue weighted by Crippen LogP contribution is -2.19. The van der Waals surface area contributed by atoms with Crippen LogP contribution in [0.5, 0.6) is 5.75 Å². The van der Waals surface area contributed by atoms with Gasteiger partial charge in [0.25, 0.3) is 5.56 Å². The van der Waals surface area contributed by atoms with Gasteiger partial charge in [0.2, 0.25) is 0 Å². The van der Waals surface area contributed by atoms with Gasteiger partial charge in [0.1, 0.15) is 29.6 Å². The number of methoxy groups -OCH3 is 1. The van der Waals surface area contributed by atoms with Crippen molar-refractivity contribution < 1.29 is 23.0 Å². The maximum atomic E-state index is 14.4. The number of hydrogen-bond acceptors (Lipinski definition) is 6. The SMILES string of the molecule is COC(=O)c1cccc(COc2cccn3c(=O)c(-c4cc(C)n(-c5cc(F)ccc5F)n4)c(C)nc23)c1. The average molecular weight is 517 g/mol. The van der Waals surface area contributed by atoms with E-state index in [0.29, 0.717) is 28.3 Å². The summed E-state index contributed by atoms with van der Waals surface area (Å²) in [4.78, 5) is 30.0. The summed E-state index contributed by atoms with van der Waals surface area (Å²) in [6.07, 6.45) is 1.56. The van der Waals surface area contributed by atoms with Crippen molar-refractivity contribution in [2.24, 2.45) is 0 Å². The molecule has 0 bridgehead atoms. The van der Waals surface area contributed by atoms with Gasteiger partial charge in [-0.3, -0.25) is 9.20 Å². The van der Waals surface area contributed by atoms with E-state index in [1.54, 1.807) is 62.5 Å². The highest BCUT2D eigenvalue weighted by molar-refractivity contribution is 5.89. The molecule has 3 aromatic heterocycles. The zero-order valence-corrected chi connectivity index (χ0v) is 20.7. The van der Waals surface area contributed by atoms with Crippen LogP contribution in [0.1, 0.15) is 27.3 Å². The Morgan fingerprint density at radius 1 is 1.03 bits per heavy atom. The van der Waals surface area contributed by atoms with Gasteiger partial charge in [-0.25, -0.2) is 23.2 Å². The number of aryl methyl sites for hydroxylation is 2. The Bertz CT molecular complexity index is 1760. The molecule has 0 saturated carbocycles. The Labute approximate surface area is 215 Å². The number of ether oxygens (including phenoxy) is 2. The monoisotopic (exact) mass is 516 g/mol. The van der Waals surface area contributed by atoms with E-state index in [1.165, 1.54) is 16.2 Å².